The second-order valence-corrected chi connectivity index (χ2v) is 6.48. The first-order chi connectivity index (χ1) is 11.7. The molecule has 1 fully saturated rings. The molecule has 2 rings (SSSR count). The molecule has 1 aliphatic rings. The van der Waals surface area contributed by atoms with E-state index in [0.717, 1.165) is 37.3 Å². The summed E-state index contributed by atoms with van der Waals surface area (Å²) in [5.74, 6) is 0.882. The van der Waals surface area contributed by atoms with Crippen LogP contribution in [0.25, 0.3) is 0 Å². The summed E-state index contributed by atoms with van der Waals surface area (Å²) in [6.07, 6.45) is 7.16. The number of pyridine rings is 1. The normalized spacial score (nSPS) is 18.5. The standard InChI is InChI=1S/C19H33N5.HI/c1-4-17-10-6-7-13-24(17)14-12-22-19(20-5-2)23-15-18-16(3)9-8-11-21-18;/h8-9,11,17H,4-7,10,12-15H2,1-3H3,(H2,20,22,23);1H. The molecular weight excluding hydrogens is 425 g/mol. The number of likely N-dealkylation sites (tertiary alicyclic amines) is 1. The van der Waals surface area contributed by atoms with E-state index >= 15 is 0 Å². The Labute approximate surface area is 170 Å². The number of rotatable bonds is 7. The van der Waals surface area contributed by atoms with E-state index in [1.165, 1.54) is 37.8 Å². The molecule has 142 valence electrons. The van der Waals surface area contributed by atoms with Crippen molar-refractivity contribution in [1.29, 1.82) is 0 Å². The lowest BCUT2D eigenvalue weighted by Crippen LogP contribution is -2.45. The van der Waals surface area contributed by atoms with Crippen LogP contribution in [0.4, 0.5) is 0 Å². The van der Waals surface area contributed by atoms with Gasteiger partial charge in [0.1, 0.15) is 0 Å². The third-order valence-electron chi connectivity index (χ3n) is 4.76. The molecular formula is C19H34IN5. The fraction of sp³-hybridized carbons (Fsp3) is 0.684. The third kappa shape index (κ3) is 7.48. The molecule has 2 N–H and O–H groups in total. The van der Waals surface area contributed by atoms with Gasteiger partial charge < -0.3 is 10.6 Å². The summed E-state index contributed by atoms with van der Waals surface area (Å²) in [6, 6.07) is 4.81. The van der Waals surface area contributed by atoms with E-state index in [-0.39, 0.29) is 24.0 Å². The van der Waals surface area contributed by atoms with Crippen LogP contribution < -0.4 is 10.6 Å². The lowest BCUT2D eigenvalue weighted by molar-refractivity contribution is 0.147. The van der Waals surface area contributed by atoms with Gasteiger partial charge in [0, 0.05) is 31.9 Å². The van der Waals surface area contributed by atoms with Gasteiger partial charge in [-0.25, -0.2) is 4.99 Å². The number of hydrogen-bond donors (Lipinski definition) is 2. The molecule has 6 heteroatoms. The molecule has 0 amide bonds. The molecule has 0 aliphatic carbocycles. The Morgan fingerprint density at radius 2 is 2.16 bits per heavy atom. The molecule has 1 aromatic heterocycles. The highest BCUT2D eigenvalue weighted by atomic mass is 127. The van der Waals surface area contributed by atoms with E-state index in [2.05, 4.69) is 52.3 Å². The zero-order valence-corrected chi connectivity index (χ0v) is 18.3. The predicted molar refractivity (Wildman–Crippen MR) is 117 cm³/mol. The van der Waals surface area contributed by atoms with Gasteiger partial charge in [0.2, 0.25) is 0 Å². The minimum Gasteiger partial charge on any atom is -0.357 e. The molecule has 0 saturated carbocycles. The monoisotopic (exact) mass is 459 g/mol. The van der Waals surface area contributed by atoms with Crippen molar-refractivity contribution in [3.8, 4) is 0 Å². The van der Waals surface area contributed by atoms with E-state index in [9.17, 15) is 0 Å². The van der Waals surface area contributed by atoms with Crippen LogP contribution in [0.3, 0.4) is 0 Å². The third-order valence-corrected chi connectivity index (χ3v) is 4.76. The quantitative estimate of drug-likeness (QED) is 0.373. The van der Waals surface area contributed by atoms with E-state index in [1.54, 1.807) is 0 Å². The van der Waals surface area contributed by atoms with Crippen molar-refractivity contribution in [3.05, 3.63) is 29.6 Å². The Kier molecular flexibility index (Phi) is 11.0. The van der Waals surface area contributed by atoms with Crippen LogP contribution in [0, 0.1) is 6.92 Å². The second-order valence-electron chi connectivity index (χ2n) is 6.48. The zero-order valence-electron chi connectivity index (χ0n) is 15.9. The van der Waals surface area contributed by atoms with Gasteiger partial charge in [-0.2, -0.15) is 0 Å². The van der Waals surface area contributed by atoms with Crippen LogP contribution in [-0.4, -0.2) is 48.1 Å². The van der Waals surface area contributed by atoms with Crippen molar-refractivity contribution in [2.75, 3.05) is 26.2 Å². The van der Waals surface area contributed by atoms with Gasteiger partial charge in [-0.15, -0.1) is 24.0 Å². The van der Waals surface area contributed by atoms with Crippen molar-refractivity contribution in [2.45, 2.75) is 59.0 Å². The van der Waals surface area contributed by atoms with Crippen LogP contribution in [0.1, 0.15) is 50.8 Å². The molecule has 0 radical (unpaired) electrons. The van der Waals surface area contributed by atoms with Crippen molar-refractivity contribution < 1.29 is 0 Å². The Morgan fingerprint density at radius 1 is 1.32 bits per heavy atom. The maximum absolute atomic E-state index is 4.68. The number of hydrogen-bond acceptors (Lipinski definition) is 3. The average molecular weight is 459 g/mol. The highest BCUT2D eigenvalue weighted by Gasteiger charge is 2.19. The Balaban J connectivity index is 0.00000312. The predicted octanol–water partition coefficient (Wildman–Crippen LogP) is 3.33. The molecule has 25 heavy (non-hydrogen) atoms. The van der Waals surface area contributed by atoms with Gasteiger partial charge in [-0.3, -0.25) is 9.88 Å². The SMILES string of the molecule is CCNC(=NCc1ncccc1C)NCCN1CCCCC1CC.I. The number of aliphatic imine (C=N–C) groups is 1. The van der Waals surface area contributed by atoms with Gasteiger partial charge in [0.15, 0.2) is 5.96 Å². The highest BCUT2D eigenvalue weighted by Crippen LogP contribution is 2.18. The van der Waals surface area contributed by atoms with Crippen LogP contribution in [0.5, 0.6) is 0 Å². The van der Waals surface area contributed by atoms with Gasteiger partial charge in [0.25, 0.3) is 0 Å². The first-order valence-electron chi connectivity index (χ1n) is 9.41. The van der Waals surface area contributed by atoms with Gasteiger partial charge in [0.05, 0.1) is 12.2 Å². The fourth-order valence-electron chi connectivity index (χ4n) is 3.31. The molecule has 0 aromatic carbocycles. The van der Waals surface area contributed by atoms with Crippen LogP contribution in [-0.2, 0) is 6.54 Å². The summed E-state index contributed by atoms with van der Waals surface area (Å²) >= 11 is 0. The topological polar surface area (TPSA) is 52.6 Å². The second kappa shape index (κ2) is 12.5. The summed E-state index contributed by atoms with van der Waals surface area (Å²) < 4.78 is 0. The number of nitrogens with one attached hydrogen (secondary N) is 2. The Morgan fingerprint density at radius 3 is 2.88 bits per heavy atom. The van der Waals surface area contributed by atoms with Crippen molar-refractivity contribution in [2.24, 2.45) is 4.99 Å². The lowest BCUT2D eigenvalue weighted by atomic mass is 10.0. The van der Waals surface area contributed by atoms with Crippen LogP contribution in [0.2, 0.25) is 0 Å². The first-order valence-corrected chi connectivity index (χ1v) is 9.41. The molecule has 1 atom stereocenters. The number of aryl methyl sites for hydroxylation is 1. The highest BCUT2D eigenvalue weighted by molar-refractivity contribution is 14.0. The van der Waals surface area contributed by atoms with Gasteiger partial charge in [-0.05, 0) is 51.3 Å². The number of aromatic nitrogens is 1. The van der Waals surface area contributed by atoms with Gasteiger partial charge in [-0.1, -0.05) is 19.4 Å². The molecule has 2 heterocycles. The lowest BCUT2D eigenvalue weighted by Gasteiger charge is -2.35. The van der Waals surface area contributed by atoms with E-state index in [4.69, 9.17) is 0 Å². The summed E-state index contributed by atoms with van der Waals surface area (Å²) in [5, 5.41) is 6.80. The van der Waals surface area contributed by atoms with Crippen molar-refractivity contribution in [1.82, 2.24) is 20.5 Å². The molecule has 1 unspecified atom stereocenters. The number of halogens is 1. The number of nitrogens with zero attached hydrogens (tertiary/aromatic N) is 3. The largest absolute Gasteiger partial charge is 0.357 e. The van der Waals surface area contributed by atoms with Crippen LogP contribution >= 0.6 is 24.0 Å². The van der Waals surface area contributed by atoms with Crippen molar-refractivity contribution in [3.63, 3.8) is 0 Å². The molecule has 1 aromatic rings. The number of guanidine groups is 1. The maximum Gasteiger partial charge on any atom is 0.191 e. The minimum atomic E-state index is 0. The zero-order chi connectivity index (χ0) is 17.2. The summed E-state index contributed by atoms with van der Waals surface area (Å²) in [4.78, 5) is 11.7. The Hall–Kier alpha value is -0.890. The smallest absolute Gasteiger partial charge is 0.191 e. The maximum atomic E-state index is 4.68. The molecule has 1 aliphatic heterocycles. The van der Waals surface area contributed by atoms with E-state index < -0.39 is 0 Å². The first kappa shape index (κ1) is 22.2. The van der Waals surface area contributed by atoms with Crippen molar-refractivity contribution >= 4 is 29.9 Å². The molecule has 5 nitrogen and oxygen atoms in total. The summed E-state index contributed by atoms with van der Waals surface area (Å²) in [7, 11) is 0. The molecule has 0 spiro atoms. The van der Waals surface area contributed by atoms with Gasteiger partial charge >= 0.3 is 0 Å². The minimum absolute atomic E-state index is 0. The molecule has 1 saturated heterocycles. The number of piperidine rings is 1. The van der Waals surface area contributed by atoms with E-state index in [0.29, 0.717) is 6.54 Å². The average Bonchev–Trinajstić information content (AvgIpc) is 2.61. The fourth-order valence-corrected chi connectivity index (χ4v) is 3.31. The van der Waals surface area contributed by atoms with E-state index in [1.807, 2.05) is 12.3 Å². The summed E-state index contributed by atoms with van der Waals surface area (Å²) in [5.41, 5.74) is 2.23. The molecule has 0 bridgehead atoms. The summed E-state index contributed by atoms with van der Waals surface area (Å²) in [6.45, 7) is 11.2. The van der Waals surface area contributed by atoms with Crippen LogP contribution in [0.15, 0.2) is 23.3 Å². The Bertz CT molecular complexity index is 520.